The number of rotatable bonds is 9. The predicted molar refractivity (Wildman–Crippen MR) is 225 cm³/mol. The second kappa shape index (κ2) is 22.6. The molecule has 3 aromatic rings. The molecule has 0 amide bonds. The summed E-state index contributed by atoms with van der Waals surface area (Å²) in [7, 11) is -2.62. The second-order valence-electron chi connectivity index (χ2n) is 16.8. The van der Waals surface area contributed by atoms with Crippen molar-refractivity contribution in [2.45, 2.75) is 178 Å². The lowest BCUT2D eigenvalue weighted by Crippen LogP contribution is -1.99. The zero-order valence-electron chi connectivity index (χ0n) is 35.8. The van der Waals surface area contributed by atoms with Crippen LogP contribution in [0.1, 0.15) is 228 Å². The van der Waals surface area contributed by atoms with Gasteiger partial charge in [-0.05, 0) is 103 Å². The van der Waals surface area contributed by atoms with Gasteiger partial charge in [0.15, 0.2) is 0 Å². The zero-order chi connectivity index (χ0) is 40.9. The summed E-state index contributed by atoms with van der Waals surface area (Å²) in [6.07, 6.45) is 0. The summed E-state index contributed by atoms with van der Waals surface area (Å²) < 4.78 is 0. The number of phenolic OH excluding ortho intramolecular Hbond substituents is 3. The van der Waals surface area contributed by atoms with Crippen LogP contribution in [0, 0.1) is 0 Å². The van der Waals surface area contributed by atoms with Crippen LogP contribution in [-0.2, 0) is 0 Å². The molecule has 296 valence electrons. The van der Waals surface area contributed by atoms with E-state index < -0.39 is 8.60 Å². The lowest BCUT2D eigenvalue weighted by Gasteiger charge is -2.18. The molecule has 0 heterocycles. The summed E-state index contributed by atoms with van der Waals surface area (Å²) in [4.78, 5) is 21.7. The van der Waals surface area contributed by atoms with Crippen LogP contribution in [0.15, 0.2) is 36.4 Å². The predicted octanol–water partition coefficient (Wildman–Crippen LogP) is 13.5. The second-order valence-corrected chi connectivity index (χ2v) is 17.3. The first-order valence-electron chi connectivity index (χ1n) is 19.2. The molecule has 0 bridgehead atoms. The minimum atomic E-state index is -2.62. The highest BCUT2D eigenvalue weighted by Crippen LogP contribution is 2.39. The molecule has 0 aromatic heterocycles. The maximum Gasteiger partial charge on any atom is 0.324 e. The van der Waals surface area contributed by atoms with Crippen molar-refractivity contribution < 1.29 is 30.0 Å². The van der Waals surface area contributed by atoms with Crippen LogP contribution in [0.2, 0.25) is 0 Å². The van der Waals surface area contributed by atoms with Crippen molar-refractivity contribution in [2.75, 3.05) is 0 Å². The summed E-state index contributed by atoms with van der Waals surface area (Å²) in [6.45, 7) is 38.7. The fourth-order valence-corrected chi connectivity index (χ4v) is 5.75. The quantitative estimate of drug-likeness (QED) is 0.121. The topological polar surface area (TPSA) is 121 Å². The Balaban J connectivity index is 0.000000712. The smallest absolute Gasteiger partial charge is 0.324 e. The summed E-state index contributed by atoms with van der Waals surface area (Å²) in [5.41, 5.74) is 10.4. The average Bonchev–Trinajstić information content (AvgIpc) is 3.00. The highest BCUT2D eigenvalue weighted by molar-refractivity contribution is 7.38. The van der Waals surface area contributed by atoms with Crippen molar-refractivity contribution in [1.82, 2.24) is 0 Å². The molecule has 0 aliphatic heterocycles. The first-order chi connectivity index (χ1) is 23.8. The van der Waals surface area contributed by atoms with Gasteiger partial charge in [-0.1, -0.05) is 161 Å². The standard InChI is InChI=1S/3C15H24O.H3O3P/c3*1-9(2)12-7-13(10(3)4)15(16)14(8-12)11(5)6;1-4(2)3/h3*7-11,16H,1-6H3;1-3H. The third-order valence-electron chi connectivity index (χ3n) is 9.31. The van der Waals surface area contributed by atoms with Crippen LogP contribution in [0.5, 0.6) is 17.2 Å². The molecule has 0 radical (unpaired) electrons. The van der Waals surface area contributed by atoms with E-state index in [0.717, 1.165) is 33.4 Å². The number of aromatic hydroxyl groups is 3. The van der Waals surface area contributed by atoms with Crippen molar-refractivity contribution in [2.24, 2.45) is 0 Å². The van der Waals surface area contributed by atoms with Crippen LogP contribution in [-0.4, -0.2) is 30.0 Å². The van der Waals surface area contributed by atoms with Gasteiger partial charge in [-0.3, -0.25) is 0 Å². The molecule has 52 heavy (non-hydrogen) atoms. The van der Waals surface area contributed by atoms with Crippen molar-refractivity contribution in [1.29, 1.82) is 0 Å². The summed E-state index contributed by atoms with van der Waals surface area (Å²) in [5.74, 6) is 5.24. The molecular formula is C45H75O6P. The van der Waals surface area contributed by atoms with Crippen LogP contribution < -0.4 is 0 Å². The minimum Gasteiger partial charge on any atom is -0.507 e. The summed E-state index contributed by atoms with van der Waals surface area (Å²) in [6, 6.07) is 12.9. The van der Waals surface area contributed by atoms with E-state index in [1.54, 1.807) is 0 Å². The monoisotopic (exact) mass is 743 g/mol. The Morgan fingerprint density at radius 1 is 0.288 bits per heavy atom. The van der Waals surface area contributed by atoms with Crippen molar-refractivity contribution >= 4 is 8.60 Å². The highest BCUT2D eigenvalue weighted by atomic mass is 31.2. The van der Waals surface area contributed by atoms with E-state index in [2.05, 4.69) is 161 Å². The van der Waals surface area contributed by atoms with E-state index in [0.29, 0.717) is 70.5 Å². The van der Waals surface area contributed by atoms with E-state index in [9.17, 15) is 15.3 Å². The van der Waals surface area contributed by atoms with E-state index in [4.69, 9.17) is 14.7 Å². The third kappa shape index (κ3) is 15.4. The van der Waals surface area contributed by atoms with Crippen molar-refractivity contribution in [3.8, 4) is 17.2 Å². The Hall–Kier alpha value is -2.63. The Morgan fingerprint density at radius 3 is 0.481 bits per heavy atom. The average molecular weight is 743 g/mol. The Bertz CT molecular complexity index is 1240. The molecule has 3 aromatic carbocycles. The van der Waals surface area contributed by atoms with Gasteiger partial charge in [0.2, 0.25) is 0 Å². The van der Waals surface area contributed by atoms with Crippen molar-refractivity contribution in [3.63, 3.8) is 0 Å². The fourth-order valence-electron chi connectivity index (χ4n) is 5.75. The van der Waals surface area contributed by atoms with E-state index in [-0.39, 0.29) is 0 Å². The molecule has 3 rings (SSSR count). The van der Waals surface area contributed by atoms with Crippen LogP contribution in [0.25, 0.3) is 0 Å². The van der Waals surface area contributed by atoms with Gasteiger partial charge in [0.1, 0.15) is 17.2 Å². The maximum atomic E-state index is 10.2. The number of phenols is 3. The number of benzene rings is 3. The first-order valence-corrected chi connectivity index (χ1v) is 20.4. The van der Waals surface area contributed by atoms with Gasteiger partial charge in [0.05, 0.1) is 0 Å². The third-order valence-corrected chi connectivity index (χ3v) is 9.31. The van der Waals surface area contributed by atoms with Gasteiger partial charge >= 0.3 is 8.60 Å². The van der Waals surface area contributed by atoms with Gasteiger partial charge in [-0.2, -0.15) is 0 Å². The molecule has 0 saturated heterocycles. The zero-order valence-corrected chi connectivity index (χ0v) is 36.7. The summed E-state index contributed by atoms with van der Waals surface area (Å²) in [5, 5.41) is 30.7. The SMILES string of the molecule is CC(C)c1cc(C(C)C)c(O)c(C(C)C)c1.CC(C)c1cc(C(C)C)c(O)c(C(C)C)c1.CC(C)c1cc(C(C)C)c(O)c(C(C)C)c1.OP(O)O. The van der Waals surface area contributed by atoms with Gasteiger partial charge in [0, 0.05) is 0 Å². The molecule has 0 spiro atoms. The van der Waals surface area contributed by atoms with Crippen LogP contribution in [0.4, 0.5) is 0 Å². The molecular weight excluding hydrogens is 667 g/mol. The molecule has 6 nitrogen and oxygen atoms in total. The molecule has 0 aliphatic rings. The Morgan fingerprint density at radius 2 is 0.404 bits per heavy atom. The van der Waals surface area contributed by atoms with E-state index in [1.807, 2.05) is 0 Å². The largest absolute Gasteiger partial charge is 0.507 e. The van der Waals surface area contributed by atoms with Gasteiger partial charge in [0.25, 0.3) is 0 Å². The highest BCUT2D eigenvalue weighted by Gasteiger charge is 2.18. The maximum absolute atomic E-state index is 10.2. The molecule has 7 heteroatoms. The van der Waals surface area contributed by atoms with Gasteiger partial charge in [-0.25, -0.2) is 0 Å². The van der Waals surface area contributed by atoms with Gasteiger partial charge in [-0.15, -0.1) is 0 Å². The minimum absolute atomic E-state index is 0.371. The first kappa shape index (κ1) is 49.4. The normalized spacial score (nSPS) is 11.6. The van der Waals surface area contributed by atoms with Crippen molar-refractivity contribution in [3.05, 3.63) is 86.5 Å². The summed E-state index contributed by atoms with van der Waals surface area (Å²) >= 11 is 0. The molecule has 0 atom stereocenters. The Labute approximate surface area is 319 Å². The fraction of sp³-hybridized carbons (Fsp3) is 0.600. The number of hydrogen-bond acceptors (Lipinski definition) is 6. The lowest BCUT2D eigenvalue weighted by molar-refractivity contribution is 0.368. The molecule has 0 unspecified atom stereocenters. The molecule has 0 saturated carbocycles. The van der Waals surface area contributed by atoms with Gasteiger partial charge < -0.3 is 30.0 Å². The molecule has 6 N–H and O–H groups in total. The molecule has 0 aliphatic carbocycles. The van der Waals surface area contributed by atoms with Crippen LogP contribution >= 0.6 is 8.60 Å². The van der Waals surface area contributed by atoms with Crippen LogP contribution in [0.3, 0.4) is 0 Å². The van der Waals surface area contributed by atoms with E-state index >= 15 is 0 Å². The number of hydrogen-bond donors (Lipinski definition) is 6. The Kier molecular flexibility index (Phi) is 21.4. The lowest BCUT2D eigenvalue weighted by atomic mass is 9.88. The van der Waals surface area contributed by atoms with E-state index in [1.165, 1.54) is 16.7 Å². The molecule has 0 fully saturated rings.